The number of thiophene rings is 1. The normalized spacial score (nSPS) is 16.9. The first-order chi connectivity index (χ1) is 14.8. The van der Waals surface area contributed by atoms with Crippen LogP contribution in [0.4, 0.5) is 4.39 Å². The Kier molecular flexibility index (Phi) is 8.14. The number of sulfonamides is 1. The van der Waals surface area contributed by atoms with Crippen molar-refractivity contribution in [3.05, 3.63) is 52.7 Å². The van der Waals surface area contributed by atoms with E-state index in [-0.39, 0.29) is 41.9 Å². The molecule has 1 atom stereocenters. The molecule has 0 aliphatic carbocycles. The second kappa shape index (κ2) is 10.6. The van der Waals surface area contributed by atoms with Crippen LogP contribution in [0.15, 0.2) is 39.9 Å². The fourth-order valence-corrected chi connectivity index (χ4v) is 5.95. The van der Waals surface area contributed by atoms with E-state index in [0.717, 1.165) is 11.3 Å². The zero-order valence-electron chi connectivity index (χ0n) is 17.1. The summed E-state index contributed by atoms with van der Waals surface area (Å²) >= 11 is 0.986. The maximum atomic E-state index is 13.6. The first-order valence-electron chi connectivity index (χ1n) is 9.70. The molecule has 2 aromatic rings. The van der Waals surface area contributed by atoms with Crippen LogP contribution in [0.25, 0.3) is 0 Å². The van der Waals surface area contributed by atoms with Crippen LogP contribution in [0.3, 0.4) is 0 Å². The molecule has 0 saturated carbocycles. The van der Waals surface area contributed by atoms with Gasteiger partial charge in [0.25, 0.3) is 10.0 Å². The summed E-state index contributed by atoms with van der Waals surface area (Å²) in [7, 11) is -2.45. The molecule has 8 nitrogen and oxygen atoms in total. The van der Waals surface area contributed by atoms with E-state index in [1.807, 2.05) is 4.90 Å². The van der Waals surface area contributed by atoms with Gasteiger partial charge in [-0.05, 0) is 12.1 Å². The molecule has 1 aliphatic rings. The molecule has 11 heteroatoms. The Balaban J connectivity index is 1.45. The van der Waals surface area contributed by atoms with Crippen molar-refractivity contribution in [2.45, 2.75) is 16.9 Å². The van der Waals surface area contributed by atoms with Crippen molar-refractivity contribution < 1.29 is 32.2 Å². The molecule has 1 aromatic carbocycles. The number of aliphatic hydroxyl groups excluding tert-OH is 1. The van der Waals surface area contributed by atoms with E-state index in [0.29, 0.717) is 25.2 Å². The number of methoxy groups -OCH3 is 1. The highest BCUT2D eigenvalue weighted by Gasteiger charge is 2.30. The quantitative estimate of drug-likeness (QED) is 0.553. The molecule has 1 N–H and O–H groups in total. The smallest absolute Gasteiger partial charge is 0.338 e. The Morgan fingerprint density at radius 2 is 1.97 bits per heavy atom. The summed E-state index contributed by atoms with van der Waals surface area (Å²) in [6.45, 7) is 1.92. The maximum absolute atomic E-state index is 13.6. The van der Waals surface area contributed by atoms with Gasteiger partial charge in [-0.15, -0.1) is 11.3 Å². The lowest BCUT2D eigenvalue weighted by atomic mass is 10.2. The minimum atomic E-state index is -3.69. The molecule has 0 spiro atoms. The van der Waals surface area contributed by atoms with Crippen LogP contribution in [0, 0.1) is 5.82 Å². The molecule has 3 rings (SSSR count). The molecule has 0 amide bonds. The lowest BCUT2D eigenvalue weighted by molar-refractivity contribution is 0.00470. The number of halogens is 1. The third kappa shape index (κ3) is 6.09. The minimum absolute atomic E-state index is 0.0539. The molecule has 0 unspecified atom stereocenters. The molecule has 1 aliphatic heterocycles. The molecule has 2 heterocycles. The summed E-state index contributed by atoms with van der Waals surface area (Å²) in [6, 6.07) is 7.63. The monoisotopic (exact) mass is 472 g/mol. The number of nitrogens with zero attached hydrogens (tertiary/aromatic N) is 2. The summed E-state index contributed by atoms with van der Waals surface area (Å²) in [4.78, 5) is 13.5. The van der Waals surface area contributed by atoms with E-state index in [4.69, 9.17) is 4.74 Å². The summed E-state index contributed by atoms with van der Waals surface area (Å²) in [5.74, 6) is -0.924. The standard InChI is InChI=1S/C20H25FN2O6S2/c1-28-20(25)16-10-19(30-14-16)31(26,27)23-8-6-22(7-9-23)11-17(24)13-29-12-15-4-2-3-5-18(15)21/h2-5,10,14,17,24H,6-9,11-13H2,1H3/t17-/m1/s1. The Hall–Kier alpha value is -1.89. The summed E-state index contributed by atoms with van der Waals surface area (Å²) in [5.41, 5.74) is 0.640. The first-order valence-corrected chi connectivity index (χ1v) is 12.0. The molecule has 31 heavy (non-hydrogen) atoms. The molecule has 0 bridgehead atoms. The maximum Gasteiger partial charge on any atom is 0.338 e. The molecule has 1 fully saturated rings. The van der Waals surface area contributed by atoms with Crippen LogP contribution in [0.2, 0.25) is 0 Å². The Labute approximate surface area is 184 Å². The van der Waals surface area contributed by atoms with Crippen molar-refractivity contribution in [1.29, 1.82) is 0 Å². The highest BCUT2D eigenvalue weighted by Crippen LogP contribution is 2.25. The van der Waals surface area contributed by atoms with E-state index in [1.165, 1.54) is 28.9 Å². The van der Waals surface area contributed by atoms with Gasteiger partial charge in [-0.25, -0.2) is 17.6 Å². The van der Waals surface area contributed by atoms with Gasteiger partial charge in [0.1, 0.15) is 10.0 Å². The molecule has 1 aromatic heterocycles. The zero-order chi connectivity index (χ0) is 22.4. The van der Waals surface area contributed by atoms with Gasteiger partial charge >= 0.3 is 5.97 Å². The summed E-state index contributed by atoms with van der Waals surface area (Å²) in [5, 5.41) is 11.7. The molecule has 0 radical (unpaired) electrons. The molecular weight excluding hydrogens is 447 g/mol. The Morgan fingerprint density at radius 1 is 1.26 bits per heavy atom. The van der Waals surface area contributed by atoms with Crippen molar-refractivity contribution in [1.82, 2.24) is 9.21 Å². The molecule has 170 valence electrons. The van der Waals surface area contributed by atoms with Gasteiger partial charge in [0.2, 0.25) is 0 Å². The largest absolute Gasteiger partial charge is 0.465 e. The Bertz CT molecular complexity index is 989. The van der Waals surface area contributed by atoms with E-state index >= 15 is 0 Å². The lowest BCUT2D eigenvalue weighted by Crippen LogP contribution is -2.50. The number of carbonyl (C=O) groups excluding carboxylic acids is 1. The minimum Gasteiger partial charge on any atom is -0.465 e. The Morgan fingerprint density at radius 3 is 2.65 bits per heavy atom. The van der Waals surface area contributed by atoms with Crippen LogP contribution >= 0.6 is 11.3 Å². The van der Waals surface area contributed by atoms with Gasteiger partial charge in [-0.3, -0.25) is 4.90 Å². The summed E-state index contributed by atoms with van der Waals surface area (Å²) in [6.07, 6.45) is -0.769. The van der Waals surface area contributed by atoms with E-state index in [2.05, 4.69) is 4.74 Å². The van der Waals surface area contributed by atoms with Crippen molar-refractivity contribution in [2.75, 3.05) is 46.4 Å². The topological polar surface area (TPSA) is 96.4 Å². The van der Waals surface area contributed by atoms with E-state index < -0.39 is 22.1 Å². The van der Waals surface area contributed by atoms with E-state index in [1.54, 1.807) is 18.2 Å². The van der Waals surface area contributed by atoms with Gasteiger partial charge in [0, 0.05) is 43.7 Å². The number of piperazine rings is 1. The van der Waals surface area contributed by atoms with Gasteiger partial charge < -0.3 is 14.6 Å². The number of hydrogen-bond acceptors (Lipinski definition) is 8. The zero-order valence-corrected chi connectivity index (χ0v) is 18.7. The highest BCUT2D eigenvalue weighted by atomic mass is 32.2. The number of rotatable bonds is 9. The number of β-amino-alcohol motifs (C(OH)–C–C–N with tert-alkyl or cyclic N) is 1. The van der Waals surface area contributed by atoms with Crippen LogP contribution in [-0.4, -0.2) is 81.2 Å². The average Bonchev–Trinajstić information content (AvgIpc) is 3.26. The van der Waals surface area contributed by atoms with Crippen LogP contribution in [0.5, 0.6) is 0 Å². The second-order valence-corrected chi connectivity index (χ2v) is 10.2. The average molecular weight is 473 g/mol. The molecular formula is C20H25FN2O6S2. The number of benzene rings is 1. The predicted octanol–water partition coefficient (Wildman–Crippen LogP) is 1.56. The van der Waals surface area contributed by atoms with Gasteiger partial charge in [0.05, 0.1) is 32.0 Å². The summed E-state index contributed by atoms with van der Waals surface area (Å²) < 4.78 is 50.7. The SMILES string of the molecule is COC(=O)c1csc(S(=O)(=O)N2CCN(C[C@@H](O)COCc3ccccc3F)CC2)c1. The third-order valence-corrected chi connectivity index (χ3v) is 8.23. The number of hydrogen-bond donors (Lipinski definition) is 1. The van der Waals surface area contributed by atoms with Crippen molar-refractivity contribution >= 4 is 27.3 Å². The van der Waals surface area contributed by atoms with Crippen molar-refractivity contribution in [3.63, 3.8) is 0 Å². The third-order valence-electron chi connectivity index (χ3n) is 4.92. The van der Waals surface area contributed by atoms with Gasteiger partial charge in [0.15, 0.2) is 0 Å². The molecule has 1 saturated heterocycles. The van der Waals surface area contributed by atoms with Gasteiger partial charge in [-0.1, -0.05) is 18.2 Å². The van der Waals surface area contributed by atoms with Crippen molar-refractivity contribution in [2.24, 2.45) is 0 Å². The second-order valence-electron chi connectivity index (χ2n) is 7.11. The first kappa shape index (κ1) is 23.8. The van der Waals surface area contributed by atoms with Crippen LogP contribution in [0.1, 0.15) is 15.9 Å². The predicted molar refractivity (Wildman–Crippen MR) is 113 cm³/mol. The van der Waals surface area contributed by atoms with Crippen LogP contribution in [-0.2, 0) is 26.1 Å². The number of carbonyl (C=O) groups is 1. The van der Waals surface area contributed by atoms with Crippen LogP contribution < -0.4 is 0 Å². The van der Waals surface area contributed by atoms with Crippen molar-refractivity contribution in [3.8, 4) is 0 Å². The van der Waals surface area contributed by atoms with Gasteiger partial charge in [-0.2, -0.15) is 4.31 Å². The number of esters is 1. The number of aliphatic hydroxyl groups is 1. The number of ether oxygens (including phenoxy) is 2. The fraction of sp³-hybridized carbons (Fsp3) is 0.450. The van der Waals surface area contributed by atoms with E-state index in [9.17, 15) is 22.7 Å². The highest BCUT2D eigenvalue weighted by molar-refractivity contribution is 7.91. The fourth-order valence-electron chi connectivity index (χ4n) is 3.23. The lowest BCUT2D eigenvalue weighted by Gasteiger charge is -2.34.